The van der Waals surface area contributed by atoms with E-state index < -0.39 is 0 Å². The molecule has 6 heteroatoms. The first-order valence-electron chi connectivity index (χ1n) is 9.65. The van der Waals surface area contributed by atoms with Gasteiger partial charge in [-0.05, 0) is 60.6 Å². The lowest BCUT2D eigenvalue weighted by Crippen LogP contribution is -2.35. The maximum atomic E-state index is 12.1. The minimum Gasteiger partial charge on any atom is -0.494 e. The highest BCUT2D eigenvalue weighted by Crippen LogP contribution is 2.16. The summed E-state index contributed by atoms with van der Waals surface area (Å²) >= 11 is 11.1. The summed E-state index contributed by atoms with van der Waals surface area (Å²) in [6.45, 7) is 2.94. The lowest BCUT2D eigenvalue weighted by molar-refractivity contribution is -0.119. The van der Waals surface area contributed by atoms with Crippen LogP contribution in [0.15, 0.2) is 48.5 Å². The average molecular weight is 419 g/mol. The van der Waals surface area contributed by atoms with Crippen LogP contribution in [0.25, 0.3) is 0 Å². The van der Waals surface area contributed by atoms with Crippen molar-refractivity contribution >= 4 is 40.5 Å². The molecule has 0 spiro atoms. The molecule has 0 aliphatic rings. The van der Waals surface area contributed by atoms with Crippen LogP contribution in [0.1, 0.15) is 44.6 Å². The molecule has 0 atom stereocenters. The van der Waals surface area contributed by atoms with Gasteiger partial charge >= 0.3 is 0 Å². The molecule has 0 unspecified atom stereocenters. The van der Waals surface area contributed by atoms with E-state index in [0.717, 1.165) is 30.0 Å². The zero-order valence-electron chi connectivity index (χ0n) is 16.2. The number of unbranched alkanes of at least 4 members (excludes halogenated alkanes) is 4. The van der Waals surface area contributed by atoms with Crippen LogP contribution in [0.3, 0.4) is 0 Å². The average Bonchev–Trinajstić information content (AvgIpc) is 2.67. The van der Waals surface area contributed by atoms with Gasteiger partial charge in [-0.2, -0.15) is 0 Å². The number of rotatable bonds is 10. The van der Waals surface area contributed by atoms with Crippen molar-refractivity contribution in [3.63, 3.8) is 0 Å². The van der Waals surface area contributed by atoms with Crippen LogP contribution in [0, 0.1) is 0 Å². The Morgan fingerprint density at radius 2 is 1.68 bits per heavy atom. The molecule has 2 aromatic rings. The Morgan fingerprint density at radius 3 is 2.36 bits per heavy atom. The number of nitrogens with one attached hydrogen (secondary N) is 2. The summed E-state index contributed by atoms with van der Waals surface area (Å²) in [7, 11) is 0. The smallest absolute Gasteiger partial charge is 0.230 e. The number of hydrogen-bond acceptors (Lipinski definition) is 3. The zero-order chi connectivity index (χ0) is 20.2. The molecule has 28 heavy (non-hydrogen) atoms. The lowest BCUT2D eigenvalue weighted by Gasteiger charge is -2.11. The van der Waals surface area contributed by atoms with Gasteiger partial charge in [-0.3, -0.25) is 4.79 Å². The third-order valence-electron chi connectivity index (χ3n) is 4.16. The van der Waals surface area contributed by atoms with Crippen LogP contribution in [0.5, 0.6) is 5.75 Å². The number of halogens is 1. The number of carbonyl (C=O) groups is 1. The second-order valence-corrected chi connectivity index (χ2v) is 7.44. The summed E-state index contributed by atoms with van der Waals surface area (Å²) in [4.78, 5) is 12.1. The Kier molecular flexibility index (Phi) is 9.80. The molecule has 2 aromatic carbocycles. The number of thiocarbonyl (C=S) groups is 1. The fourth-order valence-corrected chi connectivity index (χ4v) is 3.01. The SMILES string of the molecule is CCCCCCCOc1ccc(NC(=S)NC(=O)Cc2ccc(Cl)cc2)cc1. The van der Waals surface area contributed by atoms with E-state index in [9.17, 15) is 4.79 Å². The molecular formula is C22H27ClN2O2S. The quantitative estimate of drug-likeness (QED) is 0.381. The monoisotopic (exact) mass is 418 g/mol. The minimum absolute atomic E-state index is 0.178. The second kappa shape index (κ2) is 12.4. The maximum Gasteiger partial charge on any atom is 0.230 e. The van der Waals surface area contributed by atoms with Crippen LogP contribution >= 0.6 is 23.8 Å². The number of anilines is 1. The van der Waals surface area contributed by atoms with Crippen molar-refractivity contribution in [1.82, 2.24) is 5.32 Å². The van der Waals surface area contributed by atoms with E-state index in [-0.39, 0.29) is 17.4 Å². The van der Waals surface area contributed by atoms with Gasteiger partial charge in [-0.1, -0.05) is 56.3 Å². The molecule has 0 saturated heterocycles. The summed E-state index contributed by atoms with van der Waals surface area (Å²) in [5, 5.41) is 6.60. The van der Waals surface area contributed by atoms with Gasteiger partial charge in [0.2, 0.25) is 5.91 Å². The van der Waals surface area contributed by atoms with Crippen molar-refractivity contribution in [2.45, 2.75) is 45.4 Å². The van der Waals surface area contributed by atoms with Crippen molar-refractivity contribution in [2.24, 2.45) is 0 Å². The van der Waals surface area contributed by atoms with Gasteiger partial charge in [0.1, 0.15) is 5.75 Å². The summed E-state index contributed by atoms with van der Waals surface area (Å²) in [5.74, 6) is 0.654. The van der Waals surface area contributed by atoms with Crippen LogP contribution in [0.4, 0.5) is 5.69 Å². The topological polar surface area (TPSA) is 50.4 Å². The highest BCUT2D eigenvalue weighted by atomic mass is 35.5. The third-order valence-corrected chi connectivity index (χ3v) is 4.62. The molecule has 0 aromatic heterocycles. The summed E-state index contributed by atoms with van der Waals surface area (Å²) in [6.07, 6.45) is 6.32. The molecule has 0 bridgehead atoms. The van der Waals surface area contributed by atoms with Crippen LogP contribution in [0.2, 0.25) is 5.02 Å². The molecule has 4 nitrogen and oxygen atoms in total. The summed E-state index contributed by atoms with van der Waals surface area (Å²) in [5.41, 5.74) is 1.67. The number of ether oxygens (including phenoxy) is 1. The van der Waals surface area contributed by atoms with E-state index in [1.807, 2.05) is 36.4 Å². The molecule has 2 N–H and O–H groups in total. The van der Waals surface area contributed by atoms with Crippen molar-refractivity contribution < 1.29 is 9.53 Å². The molecule has 0 radical (unpaired) electrons. The van der Waals surface area contributed by atoms with Crippen LogP contribution in [-0.4, -0.2) is 17.6 Å². The predicted octanol–water partition coefficient (Wildman–Crippen LogP) is 5.74. The Balaban J connectivity index is 1.70. The lowest BCUT2D eigenvalue weighted by atomic mass is 10.1. The second-order valence-electron chi connectivity index (χ2n) is 6.59. The molecule has 0 aliphatic heterocycles. The predicted molar refractivity (Wildman–Crippen MR) is 120 cm³/mol. The van der Waals surface area contributed by atoms with E-state index in [1.54, 1.807) is 12.1 Å². The van der Waals surface area contributed by atoms with E-state index >= 15 is 0 Å². The fraction of sp³-hybridized carbons (Fsp3) is 0.364. The van der Waals surface area contributed by atoms with Gasteiger partial charge in [-0.25, -0.2) is 0 Å². The van der Waals surface area contributed by atoms with Crippen molar-refractivity contribution in [2.75, 3.05) is 11.9 Å². The standard InChI is InChI=1S/C22H27ClN2O2S/c1-2-3-4-5-6-15-27-20-13-11-19(12-14-20)24-22(28)25-21(26)16-17-7-9-18(23)10-8-17/h7-14H,2-6,15-16H2,1H3,(H2,24,25,26,28). The van der Waals surface area contributed by atoms with Gasteiger partial charge in [0.05, 0.1) is 13.0 Å². The van der Waals surface area contributed by atoms with Gasteiger partial charge < -0.3 is 15.4 Å². The molecule has 0 fully saturated rings. The van der Waals surface area contributed by atoms with E-state index in [1.165, 1.54) is 25.7 Å². The zero-order valence-corrected chi connectivity index (χ0v) is 17.7. The first-order valence-corrected chi connectivity index (χ1v) is 10.4. The van der Waals surface area contributed by atoms with Gasteiger partial charge in [0.25, 0.3) is 0 Å². The normalized spacial score (nSPS) is 10.4. The Hall–Kier alpha value is -2.11. The van der Waals surface area contributed by atoms with Crippen molar-refractivity contribution in [3.8, 4) is 5.75 Å². The van der Waals surface area contributed by atoms with Crippen LogP contribution in [-0.2, 0) is 11.2 Å². The highest BCUT2D eigenvalue weighted by Gasteiger charge is 2.06. The molecule has 0 heterocycles. The largest absolute Gasteiger partial charge is 0.494 e. The molecule has 0 saturated carbocycles. The summed E-state index contributed by atoms with van der Waals surface area (Å²) in [6, 6.07) is 14.7. The minimum atomic E-state index is -0.178. The number of hydrogen-bond donors (Lipinski definition) is 2. The molecule has 150 valence electrons. The van der Waals surface area contributed by atoms with Crippen molar-refractivity contribution in [3.05, 3.63) is 59.1 Å². The number of benzene rings is 2. The molecule has 2 rings (SSSR count). The Bertz CT molecular complexity index is 748. The van der Waals surface area contributed by atoms with Gasteiger partial charge in [0.15, 0.2) is 5.11 Å². The summed E-state index contributed by atoms with van der Waals surface area (Å²) < 4.78 is 5.75. The Labute approximate surface area is 177 Å². The maximum absolute atomic E-state index is 12.1. The van der Waals surface area contributed by atoms with E-state index in [2.05, 4.69) is 17.6 Å². The van der Waals surface area contributed by atoms with Crippen molar-refractivity contribution in [1.29, 1.82) is 0 Å². The van der Waals surface area contributed by atoms with E-state index in [0.29, 0.717) is 5.02 Å². The van der Waals surface area contributed by atoms with Crippen LogP contribution < -0.4 is 15.4 Å². The Morgan fingerprint density at radius 1 is 1.00 bits per heavy atom. The first kappa shape index (κ1) is 22.2. The highest BCUT2D eigenvalue weighted by molar-refractivity contribution is 7.80. The first-order chi connectivity index (χ1) is 13.6. The number of carbonyl (C=O) groups excluding carboxylic acids is 1. The van der Waals surface area contributed by atoms with E-state index in [4.69, 9.17) is 28.6 Å². The molecular weight excluding hydrogens is 392 g/mol. The third kappa shape index (κ3) is 8.72. The number of amides is 1. The molecule has 1 amide bonds. The van der Waals surface area contributed by atoms with Gasteiger partial charge in [0, 0.05) is 10.7 Å². The van der Waals surface area contributed by atoms with Gasteiger partial charge in [-0.15, -0.1) is 0 Å². The fourth-order valence-electron chi connectivity index (χ4n) is 2.65. The molecule has 0 aliphatic carbocycles.